The lowest BCUT2D eigenvalue weighted by molar-refractivity contribution is 0.0520. The lowest BCUT2D eigenvalue weighted by Gasteiger charge is -2.19. The number of amides is 1. The molecule has 0 heterocycles. The van der Waals surface area contributed by atoms with E-state index in [0.29, 0.717) is 17.9 Å². The zero-order valence-corrected chi connectivity index (χ0v) is 10.5. The number of rotatable bonds is 3. The fourth-order valence-corrected chi connectivity index (χ4v) is 1.75. The first-order valence-electron chi connectivity index (χ1n) is 5.77. The van der Waals surface area contributed by atoms with Crippen molar-refractivity contribution in [3.63, 3.8) is 0 Å². The van der Waals surface area contributed by atoms with Crippen molar-refractivity contribution in [1.29, 1.82) is 0 Å². The number of alkyl carbamates (subject to hydrolysis) is 1. The first-order valence-corrected chi connectivity index (χ1v) is 5.77. The molecule has 0 aromatic carbocycles. The van der Waals surface area contributed by atoms with E-state index in [1.165, 1.54) is 6.42 Å². The molecule has 1 aliphatic rings. The van der Waals surface area contributed by atoms with E-state index in [0.717, 1.165) is 6.42 Å². The van der Waals surface area contributed by atoms with Crippen LogP contribution >= 0.6 is 0 Å². The molecule has 15 heavy (non-hydrogen) atoms. The minimum Gasteiger partial charge on any atom is -0.444 e. The summed E-state index contributed by atoms with van der Waals surface area (Å²) in [5, 5.41) is 2.90. The number of nitrogens with one attached hydrogen (secondary N) is 1. The summed E-state index contributed by atoms with van der Waals surface area (Å²) in [6.07, 6.45) is 2.02. The van der Waals surface area contributed by atoms with Crippen LogP contribution in [-0.4, -0.2) is 17.7 Å². The zero-order valence-electron chi connectivity index (χ0n) is 10.5. The highest BCUT2D eigenvalue weighted by Gasteiger charge is 2.39. The monoisotopic (exact) mass is 213 g/mol. The van der Waals surface area contributed by atoms with Gasteiger partial charge in [-0.1, -0.05) is 13.8 Å². The predicted octanol–water partition coefficient (Wildman–Crippen LogP) is 2.95. The Morgan fingerprint density at radius 1 is 1.47 bits per heavy atom. The van der Waals surface area contributed by atoms with E-state index < -0.39 is 5.60 Å². The van der Waals surface area contributed by atoms with Gasteiger partial charge < -0.3 is 10.1 Å². The summed E-state index contributed by atoms with van der Waals surface area (Å²) < 4.78 is 5.19. The molecule has 88 valence electrons. The molecule has 1 fully saturated rings. The third-order valence-electron chi connectivity index (χ3n) is 2.40. The van der Waals surface area contributed by atoms with Crippen molar-refractivity contribution in [1.82, 2.24) is 5.32 Å². The van der Waals surface area contributed by atoms with E-state index in [-0.39, 0.29) is 6.09 Å². The fourth-order valence-electron chi connectivity index (χ4n) is 1.75. The van der Waals surface area contributed by atoms with Crippen molar-refractivity contribution in [3.05, 3.63) is 0 Å². The van der Waals surface area contributed by atoms with Crippen molar-refractivity contribution in [3.8, 4) is 0 Å². The first kappa shape index (κ1) is 12.3. The van der Waals surface area contributed by atoms with Gasteiger partial charge in [-0.15, -0.1) is 0 Å². The van der Waals surface area contributed by atoms with Crippen LogP contribution in [0.15, 0.2) is 0 Å². The predicted molar refractivity (Wildman–Crippen MR) is 60.7 cm³/mol. The van der Waals surface area contributed by atoms with Gasteiger partial charge in [0.1, 0.15) is 5.60 Å². The molecule has 3 heteroatoms. The molecule has 3 nitrogen and oxygen atoms in total. The van der Waals surface area contributed by atoms with E-state index in [9.17, 15) is 4.79 Å². The Balaban J connectivity index is 2.19. The number of hydrogen-bond acceptors (Lipinski definition) is 2. The van der Waals surface area contributed by atoms with Crippen LogP contribution in [-0.2, 0) is 4.74 Å². The van der Waals surface area contributed by atoms with Crippen molar-refractivity contribution < 1.29 is 9.53 Å². The molecule has 1 aliphatic carbocycles. The SMILES string of the molecule is CC(C)CC1CC1NC(=O)OC(C)(C)C. The van der Waals surface area contributed by atoms with Gasteiger partial charge >= 0.3 is 6.09 Å². The molecular weight excluding hydrogens is 190 g/mol. The lowest BCUT2D eigenvalue weighted by atomic mass is 10.1. The maximum atomic E-state index is 11.4. The maximum Gasteiger partial charge on any atom is 0.407 e. The average molecular weight is 213 g/mol. The highest BCUT2D eigenvalue weighted by molar-refractivity contribution is 5.68. The van der Waals surface area contributed by atoms with Gasteiger partial charge in [0, 0.05) is 6.04 Å². The first-order chi connectivity index (χ1) is 6.78. The van der Waals surface area contributed by atoms with Gasteiger partial charge in [-0.2, -0.15) is 0 Å². The summed E-state index contributed by atoms with van der Waals surface area (Å²) in [4.78, 5) is 11.4. The highest BCUT2D eigenvalue weighted by Crippen LogP contribution is 2.36. The van der Waals surface area contributed by atoms with Crippen LogP contribution < -0.4 is 5.32 Å². The molecule has 1 N–H and O–H groups in total. The molecule has 1 saturated carbocycles. The van der Waals surface area contributed by atoms with Crippen LogP contribution in [0.2, 0.25) is 0 Å². The molecule has 0 aliphatic heterocycles. The van der Waals surface area contributed by atoms with Gasteiger partial charge in [0.15, 0.2) is 0 Å². The average Bonchev–Trinajstić information content (AvgIpc) is 2.60. The second kappa shape index (κ2) is 4.42. The van der Waals surface area contributed by atoms with Crippen LogP contribution in [0.5, 0.6) is 0 Å². The third-order valence-corrected chi connectivity index (χ3v) is 2.40. The van der Waals surface area contributed by atoms with E-state index in [2.05, 4.69) is 19.2 Å². The highest BCUT2D eigenvalue weighted by atomic mass is 16.6. The summed E-state index contributed by atoms with van der Waals surface area (Å²) in [5.74, 6) is 1.37. The standard InChI is InChI=1S/C12H23NO2/c1-8(2)6-9-7-10(9)13-11(14)15-12(3,4)5/h8-10H,6-7H2,1-5H3,(H,13,14). The molecule has 2 atom stereocenters. The molecule has 2 unspecified atom stereocenters. The van der Waals surface area contributed by atoms with Gasteiger partial charge in [0.2, 0.25) is 0 Å². The normalized spacial score (nSPS) is 25.2. The lowest BCUT2D eigenvalue weighted by Crippen LogP contribution is -2.34. The second-order valence-corrected chi connectivity index (χ2v) is 5.88. The van der Waals surface area contributed by atoms with Crippen molar-refractivity contribution in [2.75, 3.05) is 0 Å². The Labute approximate surface area is 92.6 Å². The van der Waals surface area contributed by atoms with E-state index in [4.69, 9.17) is 4.74 Å². The van der Waals surface area contributed by atoms with Crippen LogP contribution in [0.1, 0.15) is 47.5 Å². The molecule has 0 aromatic heterocycles. The fraction of sp³-hybridized carbons (Fsp3) is 0.917. The summed E-state index contributed by atoms with van der Waals surface area (Å²) in [6, 6.07) is 0.349. The molecule has 1 rings (SSSR count). The summed E-state index contributed by atoms with van der Waals surface area (Å²) in [6.45, 7) is 10.1. The second-order valence-electron chi connectivity index (χ2n) is 5.88. The zero-order chi connectivity index (χ0) is 11.6. The van der Waals surface area contributed by atoms with E-state index >= 15 is 0 Å². The van der Waals surface area contributed by atoms with Crippen LogP contribution in [0.3, 0.4) is 0 Å². The number of ether oxygens (including phenoxy) is 1. The van der Waals surface area contributed by atoms with Gasteiger partial charge in [-0.3, -0.25) is 0 Å². The molecule has 0 radical (unpaired) electrons. The minimum absolute atomic E-state index is 0.279. The smallest absolute Gasteiger partial charge is 0.407 e. The Kier molecular flexibility index (Phi) is 3.63. The number of hydrogen-bond donors (Lipinski definition) is 1. The third kappa shape index (κ3) is 5.05. The Morgan fingerprint density at radius 2 is 2.07 bits per heavy atom. The van der Waals surface area contributed by atoms with Gasteiger partial charge in [0.25, 0.3) is 0 Å². The van der Waals surface area contributed by atoms with Crippen molar-refractivity contribution >= 4 is 6.09 Å². The summed E-state index contributed by atoms with van der Waals surface area (Å²) in [7, 11) is 0. The maximum absolute atomic E-state index is 11.4. The number of carbonyl (C=O) groups excluding carboxylic acids is 1. The van der Waals surface area contributed by atoms with Gasteiger partial charge in [-0.25, -0.2) is 4.79 Å². The van der Waals surface area contributed by atoms with E-state index in [1.807, 2.05) is 20.8 Å². The summed E-state index contributed by atoms with van der Waals surface area (Å²) >= 11 is 0. The topological polar surface area (TPSA) is 38.3 Å². The van der Waals surface area contributed by atoms with Gasteiger partial charge in [-0.05, 0) is 45.4 Å². The van der Waals surface area contributed by atoms with Crippen molar-refractivity contribution in [2.24, 2.45) is 11.8 Å². The Bertz CT molecular complexity index is 230. The minimum atomic E-state index is -0.396. The molecule has 1 amide bonds. The van der Waals surface area contributed by atoms with Crippen molar-refractivity contribution in [2.45, 2.75) is 59.1 Å². The molecule has 0 saturated heterocycles. The van der Waals surface area contributed by atoms with Crippen LogP contribution in [0, 0.1) is 11.8 Å². The van der Waals surface area contributed by atoms with Crippen LogP contribution in [0.25, 0.3) is 0 Å². The largest absolute Gasteiger partial charge is 0.444 e. The Morgan fingerprint density at radius 3 is 2.53 bits per heavy atom. The van der Waals surface area contributed by atoms with Gasteiger partial charge in [0.05, 0.1) is 0 Å². The molecule has 0 spiro atoms. The quantitative estimate of drug-likeness (QED) is 0.782. The molecular formula is C12H23NO2. The Hall–Kier alpha value is -0.730. The van der Waals surface area contributed by atoms with Crippen LogP contribution in [0.4, 0.5) is 4.79 Å². The molecule has 0 aromatic rings. The number of carbonyl (C=O) groups is 1. The summed E-state index contributed by atoms with van der Waals surface area (Å²) in [5.41, 5.74) is -0.396. The molecule has 0 bridgehead atoms. The van der Waals surface area contributed by atoms with E-state index in [1.54, 1.807) is 0 Å².